The number of amides is 1. The Morgan fingerprint density at radius 1 is 1.48 bits per heavy atom. The number of rotatable bonds is 5. The fourth-order valence-electron chi connectivity index (χ4n) is 2.95. The van der Waals surface area contributed by atoms with Crippen molar-refractivity contribution in [1.82, 2.24) is 25.3 Å². The van der Waals surface area contributed by atoms with E-state index in [1.807, 2.05) is 5.38 Å². The third kappa shape index (κ3) is 3.92. The van der Waals surface area contributed by atoms with Gasteiger partial charge in [0.25, 0.3) is 5.91 Å². The second-order valence-electron chi connectivity index (χ2n) is 6.41. The maximum atomic E-state index is 12.2. The lowest BCUT2D eigenvalue weighted by Crippen LogP contribution is -2.44. The predicted molar refractivity (Wildman–Crippen MR) is 98.9 cm³/mol. The van der Waals surface area contributed by atoms with Crippen molar-refractivity contribution in [2.45, 2.75) is 19.4 Å². The minimum absolute atomic E-state index is 0.111. The lowest BCUT2D eigenvalue weighted by molar-refractivity contribution is 0.102. The summed E-state index contributed by atoms with van der Waals surface area (Å²) in [5, 5.41) is 12.6. The summed E-state index contributed by atoms with van der Waals surface area (Å²) in [6, 6.07) is 1.75. The molecule has 0 saturated carbocycles. The molecular formula is C17H20N6O3S. The molecule has 4 heterocycles. The van der Waals surface area contributed by atoms with Crippen LogP contribution in [0.25, 0.3) is 0 Å². The molecule has 0 bridgehead atoms. The molecule has 9 nitrogen and oxygen atoms in total. The molecule has 1 fully saturated rings. The van der Waals surface area contributed by atoms with Crippen molar-refractivity contribution in [3.63, 3.8) is 0 Å². The summed E-state index contributed by atoms with van der Waals surface area (Å²) in [5.74, 6) is 1.52. The van der Waals surface area contributed by atoms with Crippen molar-refractivity contribution < 1.29 is 13.7 Å². The fourth-order valence-corrected chi connectivity index (χ4v) is 3.66. The Bertz CT molecular complexity index is 933. The quantitative estimate of drug-likeness (QED) is 0.681. The van der Waals surface area contributed by atoms with Gasteiger partial charge in [0.05, 0.1) is 30.0 Å². The summed E-state index contributed by atoms with van der Waals surface area (Å²) in [6.45, 7) is 4.45. The third-order valence-corrected chi connectivity index (χ3v) is 5.31. The first-order valence-corrected chi connectivity index (χ1v) is 9.51. The van der Waals surface area contributed by atoms with E-state index in [-0.39, 0.29) is 11.9 Å². The number of aromatic nitrogens is 3. The Hall–Kier alpha value is -2.56. The summed E-state index contributed by atoms with van der Waals surface area (Å²) in [4.78, 5) is 23.4. The topological polar surface area (TPSA) is 109 Å². The van der Waals surface area contributed by atoms with Crippen LogP contribution >= 0.6 is 11.3 Å². The third-order valence-electron chi connectivity index (χ3n) is 4.50. The Morgan fingerprint density at radius 2 is 2.37 bits per heavy atom. The fraction of sp³-hybridized carbons (Fsp3) is 0.412. The van der Waals surface area contributed by atoms with Crippen molar-refractivity contribution in [3.8, 4) is 0 Å². The lowest BCUT2D eigenvalue weighted by atomic mass is 10.2. The average molecular weight is 388 g/mol. The molecule has 0 aliphatic carbocycles. The maximum Gasteiger partial charge on any atom is 0.260 e. The molecule has 1 unspecified atom stereocenters. The number of nitrogens with zero attached hydrogens (tertiary/aromatic N) is 4. The summed E-state index contributed by atoms with van der Waals surface area (Å²) in [5.41, 5.74) is 1.27. The highest BCUT2D eigenvalue weighted by Crippen LogP contribution is 2.21. The number of likely N-dealkylation sites (N-methyl/N-ethyl adjacent to an activating group) is 1. The lowest BCUT2D eigenvalue weighted by Gasteiger charge is -2.30. The van der Waals surface area contributed by atoms with E-state index in [1.54, 1.807) is 13.0 Å². The standard InChI is InChI=1S/C17H20N6O3S/c1-10-12(3-6-25-10)16(24)21-17-19-11(9-27-17)7-14-20-15(22-26-14)13-8-18-4-5-23(13)2/h3,6,9,13,18H,4-5,7-8H2,1-2H3,(H,19,21,24). The highest BCUT2D eigenvalue weighted by Gasteiger charge is 2.25. The van der Waals surface area contributed by atoms with E-state index < -0.39 is 0 Å². The molecule has 142 valence electrons. The van der Waals surface area contributed by atoms with Gasteiger partial charge in [0, 0.05) is 25.0 Å². The molecule has 1 saturated heterocycles. The van der Waals surface area contributed by atoms with Gasteiger partial charge in [0.1, 0.15) is 5.76 Å². The van der Waals surface area contributed by atoms with Gasteiger partial charge in [-0.2, -0.15) is 4.98 Å². The largest absolute Gasteiger partial charge is 0.469 e. The summed E-state index contributed by atoms with van der Waals surface area (Å²) >= 11 is 1.35. The van der Waals surface area contributed by atoms with E-state index in [1.165, 1.54) is 17.6 Å². The summed E-state index contributed by atoms with van der Waals surface area (Å²) in [6.07, 6.45) is 1.91. The Morgan fingerprint density at radius 3 is 3.15 bits per heavy atom. The van der Waals surface area contributed by atoms with Crippen molar-refractivity contribution >= 4 is 22.4 Å². The second kappa shape index (κ2) is 7.59. The van der Waals surface area contributed by atoms with Gasteiger partial charge < -0.3 is 14.3 Å². The normalized spacial score (nSPS) is 17.9. The van der Waals surface area contributed by atoms with Crippen LogP contribution in [0.4, 0.5) is 5.13 Å². The molecule has 1 atom stereocenters. The Balaban J connectivity index is 1.39. The SMILES string of the molecule is Cc1occc1C(=O)Nc1nc(Cc2nc(C3CNCCN3C)no2)cs1. The number of furan rings is 1. The van der Waals surface area contributed by atoms with Gasteiger partial charge in [-0.15, -0.1) is 11.3 Å². The van der Waals surface area contributed by atoms with Crippen molar-refractivity contribution in [3.05, 3.63) is 46.4 Å². The van der Waals surface area contributed by atoms with E-state index in [4.69, 9.17) is 8.94 Å². The van der Waals surface area contributed by atoms with E-state index in [2.05, 4.69) is 37.7 Å². The molecular weight excluding hydrogens is 368 g/mol. The van der Waals surface area contributed by atoms with Gasteiger partial charge in [-0.05, 0) is 20.0 Å². The number of hydrogen-bond acceptors (Lipinski definition) is 9. The summed E-state index contributed by atoms with van der Waals surface area (Å²) in [7, 11) is 2.05. The first kappa shape index (κ1) is 17.8. The first-order valence-electron chi connectivity index (χ1n) is 8.63. The van der Waals surface area contributed by atoms with Crippen LogP contribution < -0.4 is 10.6 Å². The second-order valence-corrected chi connectivity index (χ2v) is 7.27. The summed E-state index contributed by atoms with van der Waals surface area (Å²) < 4.78 is 10.5. The zero-order valence-corrected chi connectivity index (χ0v) is 15.9. The molecule has 10 heteroatoms. The number of aryl methyl sites for hydroxylation is 1. The monoisotopic (exact) mass is 388 g/mol. The van der Waals surface area contributed by atoms with Gasteiger partial charge >= 0.3 is 0 Å². The number of piperazine rings is 1. The van der Waals surface area contributed by atoms with Gasteiger partial charge in [-0.3, -0.25) is 15.0 Å². The van der Waals surface area contributed by atoms with Crippen LogP contribution in [0.3, 0.4) is 0 Å². The van der Waals surface area contributed by atoms with Gasteiger partial charge in [-0.25, -0.2) is 4.98 Å². The number of anilines is 1. The van der Waals surface area contributed by atoms with Gasteiger partial charge in [0.15, 0.2) is 11.0 Å². The highest BCUT2D eigenvalue weighted by atomic mass is 32.1. The van der Waals surface area contributed by atoms with E-state index in [0.717, 1.165) is 25.3 Å². The molecule has 1 aliphatic rings. The zero-order chi connectivity index (χ0) is 18.8. The van der Waals surface area contributed by atoms with E-state index >= 15 is 0 Å². The van der Waals surface area contributed by atoms with Crippen LogP contribution in [-0.2, 0) is 6.42 Å². The van der Waals surface area contributed by atoms with Crippen LogP contribution in [0.2, 0.25) is 0 Å². The van der Waals surface area contributed by atoms with E-state index in [0.29, 0.717) is 34.6 Å². The van der Waals surface area contributed by atoms with Gasteiger partial charge in [0.2, 0.25) is 5.89 Å². The minimum Gasteiger partial charge on any atom is -0.469 e. The van der Waals surface area contributed by atoms with Crippen LogP contribution in [0.5, 0.6) is 0 Å². The molecule has 3 aromatic rings. The highest BCUT2D eigenvalue weighted by molar-refractivity contribution is 7.14. The molecule has 2 N–H and O–H groups in total. The van der Waals surface area contributed by atoms with Crippen molar-refractivity contribution in [1.29, 1.82) is 0 Å². The molecule has 4 rings (SSSR count). The minimum atomic E-state index is -0.241. The van der Waals surface area contributed by atoms with Crippen LogP contribution in [0.1, 0.15) is 39.6 Å². The molecule has 0 radical (unpaired) electrons. The van der Waals surface area contributed by atoms with Crippen molar-refractivity contribution in [2.24, 2.45) is 0 Å². The predicted octanol–water partition coefficient (Wildman–Crippen LogP) is 1.85. The van der Waals surface area contributed by atoms with Crippen LogP contribution in [0, 0.1) is 6.92 Å². The maximum absolute atomic E-state index is 12.2. The molecule has 0 spiro atoms. The molecule has 3 aromatic heterocycles. The zero-order valence-electron chi connectivity index (χ0n) is 15.1. The Kier molecular flexibility index (Phi) is 5.01. The number of carbonyl (C=O) groups is 1. The average Bonchev–Trinajstić information content (AvgIpc) is 3.38. The molecule has 27 heavy (non-hydrogen) atoms. The smallest absolute Gasteiger partial charge is 0.260 e. The van der Waals surface area contributed by atoms with E-state index in [9.17, 15) is 4.79 Å². The first-order chi connectivity index (χ1) is 13.1. The molecule has 1 amide bonds. The number of nitrogens with one attached hydrogen (secondary N) is 2. The van der Waals surface area contributed by atoms with Gasteiger partial charge in [-0.1, -0.05) is 5.16 Å². The van der Waals surface area contributed by atoms with Crippen LogP contribution in [-0.4, -0.2) is 52.6 Å². The molecule has 0 aromatic carbocycles. The Labute approximate surface area is 159 Å². The number of thiazole rings is 1. The van der Waals surface area contributed by atoms with Crippen molar-refractivity contribution in [2.75, 3.05) is 32.0 Å². The number of hydrogen-bond donors (Lipinski definition) is 2. The number of carbonyl (C=O) groups excluding carboxylic acids is 1. The molecule has 1 aliphatic heterocycles. The van der Waals surface area contributed by atoms with Crippen LogP contribution in [0.15, 0.2) is 26.6 Å².